The van der Waals surface area contributed by atoms with Gasteiger partial charge in [0.2, 0.25) is 0 Å². The quantitative estimate of drug-likeness (QED) is 0.766. The number of fused-ring (bicyclic) bond motifs is 1. The molecule has 0 unspecified atom stereocenters. The first-order valence-corrected chi connectivity index (χ1v) is 8.15. The summed E-state index contributed by atoms with van der Waals surface area (Å²) in [5, 5.41) is 19.4. The lowest BCUT2D eigenvalue weighted by atomic mass is 9.64. The minimum Gasteiger partial charge on any atom is -0.535 e. The van der Waals surface area contributed by atoms with Gasteiger partial charge in [0.1, 0.15) is 22.8 Å². The van der Waals surface area contributed by atoms with E-state index in [2.05, 4.69) is 0 Å². The fraction of sp³-hybridized carbons (Fsp3) is 0.429. The average molecular weight is 324 g/mol. The maximum atomic E-state index is 11.7. The molecule has 0 aromatic heterocycles. The van der Waals surface area contributed by atoms with Gasteiger partial charge < -0.3 is 19.5 Å². The molecule has 1 aliphatic rings. The first kappa shape index (κ1) is 16.7. The standard InChI is InChI=1S/C14H17BO6S/c1-20-11-4-3-8-5-9(6-10(16)7-22-2)15(19)21-13(8)12(11)14(17)18/h3-4,9,19H,5-7H2,1-2H3,(H,17,18)/t9-/m1/s1. The lowest BCUT2D eigenvalue weighted by Crippen LogP contribution is -2.36. The van der Waals surface area contributed by atoms with E-state index in [1.54, 1.807) is 12.1 Å². The van der Waals surface area contributed by atoms with Crippen molar-refractivity contribution in [3.05, 3.63) is 23.3 Å². The van der Waals surface area contributed by atoms with Gasteiger partial charge in [-0.3, -0.25) is 4.79 Å². The Hall–Kier alpha value is -1.67. The van der Waals surface area contributed by atoms with Crippen molar-refractivity contribution in [2.24, 2.45) is 0 Å². The van der Waals surface area contributed by atoms with Gasteiger partial charge in [-0.1, -0.05) is 6.07 Å². The number of ether oxygens (including phenoxy) is 1. The lowest BCUT2D eigenvalue weighted by molar-refractivity contribution is -0.116. The molecule has 0 bridgehead atoms. The van der Waals surface area contributed by atoms with Crippen LogP contribution in [0.15, 0.2) is 12.1 Å². The molecular formula is C14H17BO6S. The Kier molecular flexibility index (Phi) is 5.36. The van der Waals surface area contributed by atoms with E-state index in [1.165, 1.54) is 18.9 Å². The number of carboxylic acid groups (broad SMARTS) is 1. The van der Waals surface area contributed by atoms with E-state index in [4.69, 9.17) is 9.39 Å². The molecule has 1 aromatic rings. The molecule has 0 saturated carbocycles. The Morgan fingerprint density at radius 1 is 1.50 bits per heavy atom. The highest BCUT2D eigenvalue weighted by Gasteiger charge is 2.38. The highest BCUT2D eigenvalue weighted by Crippen LogP contribution is 2.40. The molecule has 1 atom stereocenters. The molecule has 1 aliphatic heterocycles. The van der Waals surface area contributed by atoms with Gasteiger partial charge in [0.05, 0.1) is 12.9 Å². The van der Waals surface area contributed by atoms with Gasteiger partial charge in [0, 0.05) is 12.2 Å². The predicted molar refractivity (Wildman–Crippen MR) is 84.0 cm³/mol. The van der Waals surface area contributed by atoms with E-state index in [0.717, 1.165) is 0 Å². The van der Waals surface area contributed by atoms with Gasteiger partial charge in [0.25, 0.3) is 0 Å². The van der Waals surface area contributed by atoms with Crippen LogP contribution in [-0.4, -0.2) is 48.1 Å². The summed E-state index contributed by atoms with van der Waals surface area (Å²) in [6, 6.07) is 3.27. The predicted octanol–water partition coefficient (Wildman–Crippen LogP) is 1.50. The van der Waals surface area contributed by atoms with Crippen molar-refractivity contribution in [2.45, 2.75) is 18.7 Å². The number of benzene rings is 1. The zero-order valence-electron chi connectivity index (χ0n) is 12.4. The molecule has 0 aliphatic carbocycles. The van der Waals surface area contributed by atoms with Gasteiger partial charge in [-0.15, -0.1) is 0 Å². The van der Waals surface area contributed by atoms with Crippen molar-refractivity contribution in [1.82, 2.24) is 0 Å². The van der Waals surface area contributed by atoms with E-state index in [-0.39, 0.29) is 35.1 Å². The van der Waals surface area contributed by atoms with Crippen LogP contribution in [0.5, 0.6) is 11.5 Å². The molecule has 0 radical (unpaired) electrons. The second kappa shape index (κ2) is 7.06. The minimum absolute atomic E-state index is 0.0376. The molecule has 0 saturated heterocycles. The topological polar surface area (TPSA) is 93.1 Å². The summed E-state index contributed by atoms with van der Waals surface area (Å²) in [5.74, 6) is -0.835. The Labute approximate surface area is 132 Å². The first-order valence-electron chi connectivity index (χ1n) is 6.76. The van der Waals surface area contributed by atoms with Crippen LogP contribution in [0.2, 0.25) is 5.82 Å². The smallest absolute Gasteiger partial charge is 0.526 e. The number of ketones is 1. The summed E-state index contributed by atoms with van der Waals surface area (Å²) in [5.41, 5.74) is 0.554. The molecule has 0 spiro atoms. The number of carbonyl (C=O) groups is 2. The van der Waals surface area contributed by atoms with Crippen molar-refractivity contribution in [1.29, 1.82) is 0 Å². The number of carbonyl (C=O) groups excluding carboxylic acids is 1. The largest absolute Gasteiger partial charge is 0.535 e. The second-order valence-corrected chi connectivity index (χ2v) is 5.95. The number of methoxy groups -OCH3 is 1. The van der Waals surface area contributed by atoms with Gasteiger partial charge in [-0.05, 0) is 24.3 Å². The van der Waals surface area contributed by atoms with E-state index < -0.39 is 13.1 Å². The summed E-state index contributed by atoms with van der Waals surface area (Å²) in [4.78, 5) is 23.1. The van der Waals surface area contributed by atoms with Gasteiger partial charge in [0.15, 0.2) is 0 Å². The van der Waals surface area contributed by atoms with Gasteiger partial charge in [-0.2, -0.15) is 11.8 Å². The number of thioether (sulfide) groups is 1. The number of Topliss-reactive ketones (excluding diaryl/α,β-unsaturated/α-hetero) is 1. The van der Waals surface area contributed by atoms with Crippen molar-refractivity contribution in [2.75, 3.05) is 19.1 Å². The summed E-state index contributed by atoms with van der Waals surface area (Å²) < 4.78 is 10.4. The zero-order valence-corrected chi connectivity index (χ0v) is 13.2. The lowest BCUT2D eigenvalue weighted by Gasteiger charge is -2.28. The summed E-state index contributed by atoms with van der Waals surface area (Å²) in [7, 11) is 0.167. The van der Waals surface area contributed by atoms with Crippen molar-refractivity contribution in [3.8, 4) is 11.5 Å². The molecule has 118 valence electrons. The third-order valence-corrected chi connectivity index (χ3v) is 4.16. The highest BCUT2D eigenvalue weighted by atomic mass is 32.2. The van der Waals surface area contributed by atoms with Crippen LogP contribution in [0.25, 0.3) is 0 Å². The van der Waals surface area contributed by atoms with Crippen LogP contribution < -0.4 is 9.39 Å². The Morgan fingerprint density at radius 3 is 2.82 bits per heavy atom. The Bertz CT molecular complexity index is 591. The van der Waals surface area contributed by atoms with E-state index >= 15 is 0 Å². The van der Waals surface area contributed by atoms with E-state index in [9.17, 15) is 19.7 Å². The van der Waals surface area contributed by atoms with Crippen molar-refractivity contribution < 1.29 is 29.1 Å². The van der Waals surface area contributed by atoms with Crippen molar-refractivity contribution in [3.63, 3.8) is 0 Å². The first-order chi connectivity index (χ1) is 10.5. The van der Waals surface area contributed by atoms with Gasteiger partial charge in [-0.25, -0.2) is 4.79 Å². The molecule has 6 nitrogen and oxygen atoms in total. The molecule has 2 rings (SSSR count). The molecule has 0 amide bonds. The second-order valence-electron chi connectivity index (χ2n) is 5.08. The van der Waals surface area contributed by atoms with Crippen LogP contribution in [0, 0.1) is 0 Å². The van der Waals surface area contributed by atoms with E-state index in [1.807, 2.05) is 6.26 Å². The van der Waals surface area contributed by atoms with Crippen LogP contribution in [0.1, 0.15) is 22.3 Å². The maximum absolute atomic E-state index is 11.7. The fourth-order valence-electron chi connectivity index (χ4n) is 2.56. The number of carboxylic acids is 1. The fourth-order valence-corrected chi connectivity index (χ4v) is 3.00. The average Bonchev–Trinajstić information content (AvgIpc) is 2.46. The zero-order chi connectivity index (χ0) is 16.3. The minimum atomic E-state index is -1.21. The van der Waals surface area contributed by atoms with E-state index in [0.29, 0.717) is 17.7 Å². The number of rotatable bonds is 6. The molecular weight excluding hydrogens is 307 g/mol. The molecule has 8 heteroatoms. The van der Waals surface area contributed by atoms with Crippen LogP contribution >= 0.6 is 11.8 Å². The number of hydrogen-bond donors (Lipinski definition) is 2. The van der Waals surface area contributed by atoms with Crippen LogP contribution in [0.4, 0.5) is 0 Å². The SMILES string of the molecule is COc1ccc2c(c1C(=O)O)OB(O)[C@@H](CC(=O)CSC)C2. The molecule has 1 heterocycles. The third kappa shape index (κ3) is 3.39. The highest BCUT2D eigenvalue weighted by molar-refractivity contribution is 7.99. The monoisotopic (exact) mass is 324 g/mol. The van der Waals surface area contributed by atoms with Crippen molar-refractivity contribution >= 4 is 30.6 Å². The summed E-state index contributed by atoms with van der Waals surface area (Å²) in [6.07, 6.45) is 2.43. The third-order valence-electron chi connectivity index (χ3n) is 3.55. The van der Waals surface area contributed by atoms with Crippen LogP contribution in [-0.2, 0) is 11.2 Å². The number of hydrogen-bond acceptors (Lipinski definition) is 6. The number of aromatic carboxylic acids is 1. The molecule has 22 heavy (non-hydrogen) atoms. The summed E-state index contributed by atoms with van der Waals surface area (Å²) >= 11 is 1.43. The van der Waals surface area contributed by atoms with Gasteiger partial charge >= 0.3 is 13.1 Å². The maximum Gasteiger partial charge on any atom is 0.526 e. The summed E-state index contributed by atoms with van der Waals surface area (Å²) in [6.45, 7) is 0. The molecule has 2 N–H and O–H groups in total. The normalized spacial score (nSPS) is 16.7. The molecule has 0 fully saturated rings. The Morgan fingerprint density at radius 2 is 2.23 bits per heavy atom. The Balaban J connectivity index is 2.29. The molecule has 1 aromatic carbocycles. The van der Waals surface area contributed by atoms with Crippen LogP contribution in [0.3, 0.4) is 0 Å².